The maximum atomic E-state index is 13.8. The smallest absolute Gasteiger partial charge is 0.228 e. The lowest BCUT2D eigenvalue weighted by Gasteiger charge is -2.60. The van der Waals surface area contributed by atoms with Gasteiger partial charge in [0.15, 0.2) is 0 Å². The van der Waals surface area contributed by atoms with Crippen LogP contribution in [0.3, 0.4) is 0 Å². The van der Waals surface area contributed by atoms with Gasteiger partial charge in [-0.05, 0) is 80.3 Å². The van der Waals surface area contributed by atoms with Gasteiger partial charge in [-0.25, -0.2) is 0 Å². The fraction of sp³-hybridized carbons (Fsp3) is 0.731. The Kier molecular flexibility index (Phi) is 4.44. The topological polar surface area (TPSA) is 32.3 Å². The lowest BCUT2D eigenvalue weighted by atomic mass is 9.47. The number of benzene rings is 1. The molecule has 1 aromatic rings. The average Bonchev–Trinajstić information content (AvgIpc) is 2.65. The van der Waals surface area contributed by atoms with E-state index < -0.39 is 0 Å². The summed E-state index contributed by atoms with van der Waals surface area (Å²) in [6.45, 7) is 11.4. The summed E-state index contributed by atoms with van der Waals surface area (Å²) in [5, 5.41) is 3.48. The standard InChI is InChI=1S/C26H38N2O/c1-23(2)13-20-14-24(3,17-26(15-20,16-23)21-7-5-4-6-8-21)22(29)28-18-25(19-28)9-11-27-12-10-25/h4-8,20,27H,9-19H2,1-3H3. The van der Waals surface area contributed by atoms with Gasteiger partial charge in [0.1, 0.15) is 0 Å². The van der Waals surface area contributed by atoms with E-state index in [1.165, 1.54) is 37.7 Å². The van der Waals surface area contributed by atoms with Crippen LogP contribution in [-0.4, -0.2) is 37.0 Å². The molecule has 1 amide bonds. The van der Waals surface area contributed by atoms with Crippen molar-refractivity contribution >= 4 is 5.91 Å². The van der Waals surface area contributed by atoms with Crippen LogP contribution < -0.4 is 5.32 Å². The van der Waals surface area contributed by atoms with Gasteiger partial charge < -0.3 is 10.2 Å². The van der Waals surface area contributed by atoms with Crippen LogP contribution in [0.15, 0.2) is 30.3 Å². The Labute approximate surface area is 176 Å². The number of carbonyl (C=O) groups is 1. The first-order valence-electron chi connectivity index (χ1n) is 11.8. The van der Waals surface area contributed by atoms with E-state index in [2.05, 4.69) is 61.3 Å². The number of rotatable bonds is 2. The zero-order chi connectivity index (χ0) is 20.3. The predicted octanol–water partition coefficient (Wildman–Crippen LogP) is 4.76. The summed E-state index contributed by atoms with van der Waals surface area (Å²) in [6.07, 6.45) is 8.30. The number of hydrogen-bond donors (Lipinski definition) is 1. The molecule has 2 saturated heterocycles. The van der Waals surface area contributed by atoms with Gasteiger partial charge in [-0.2, -0.15) is 0 Å². The van der Waals surface area contributed by atoms with Gasteiger partial charge in [-0.1, -0.05) is 51.1 Å². The third-order valence-electron chi connectivity index (χ3n) is 8.71. The highest BCUT2D eigenvalue weighted by atomic mass is 16.2. The molecule has 2 aliphatic carbocycles. The van der Waals surface area contributed by atoms with Crippen molar-refractivity contribution in [3.05, 3.63) is 35.9 Å². The van der Waals surface area contributed by atoms with Crippen LogP contribution in [-0.2, 0) is 10.2 Å². The molecule has 29 heavy (non-hydrogen) atoms. The fourth-order valence-corrected chi connectivity index (χ4v) is 8.04. The van der Waals surface area contributed by atoms with Crippen molar-refractivity contribution < 1.29 is 4.79 Å². The predicted molar refractivity (Wildman–Crippen MR) is 118 cm³/mol. The average molecular weight is 395 g/mol. The first-order chi connectivity index (χ1) is 13.7. The van der Waals surface area contributed by atoms with Crippen LogP contribution >= 0.6 is 0 Å². The van der Waals surface area contributed by atoms with Crippen molar-refractivity contribution in [1.29, 1.82) is 0 Å². The number of piperidine rings is 1. The van der Waals surface area contributed by atoms with Gasteiger partial charge in [0.05, 0.1) is 0 Å². The van der Waals surface area contributed by atoms with Crippen LogP contribution in [0.2, 0.25) is 0 Å². The Hall–Kier alpha value is -1.35. The summed E-state index contributed by atoms with van der Waals surface area (Å²) < 4.78 is 0. The van der Waals surface area contributed by atoms with Crippen molar-refractivity contribution in [2.75, 3.05) is 26.2 Å². The number of likely N-dealkylation sites (tertiary alicyclic amines) is 1. The molecule has 2 saturated carbocycles. The van der Waals surface area contributed by atoms with Crippen molar-refractivity contribution in [3.8, 4) is 0 Å². The van der Waals surface area contributed by atoms with E-state index in [0.717, 1.165) is 39.0 Å². The summed E-state index contributed by atoms with van der Waals surface area (Å²) in [5.74, 6) is 1.11. The Balaban J connectivity index is 1.40. The molecular weight excluding hydrogens is 356 g/mol. The van der Waals surface area contributed by atoms with Gasteiger partial charge in [0.2, 0.25) is 5.91 Å². The minimum atomic E-state index is -0.205. The summed E-state index contributed by atoms with van der Waals surface area (Å²) in [6, 6.07) is 11.1. The SMILES string of the molecule is CC1(C)CC2CC(C)(C(=O)N3CC4(CCNCC4)C3)CC(c3ccccc3)(C2)C1. The summed E-state index contributed by atoms with van der Waals surface area (Å²) in [7, 11) is 0. The number of nitrogens with zero attached hydrogens (tertiary/aromatic N) is 1. The largest absolute Gasteiger partial charge is 0.341 e. The molecular formula is C26H38N2O. The van der Waals surface area contributed by atoms with Crippen molar-refractivity contribution in [3.63, 3.8) is 0 Å². The van der Waals surface area contributed by atoms with Crippen molar-refractivity contribution in [1.82, 2.24) is 10.2 Å². The van der Waals surface area contributed by atoms with E-state index in [4.69, 9.17) is 0 Å². The van der Waals surface area contributed by atoms with Gasteiger partial charge in [0, 0.05) is 23.9 Å². The Morgan fingerprint density at radius 1 is 0.966 bits per heavy atom. The van der Waals surface area contributed by atoms with Crippen LogP contribution in [0.1, 0.15) is 71.3 Å². The maximum absolute atomic E-state index is 13.8. The highest BCUT2D eigenvalue weighted by Crippen LogP contribution is 2.61. The first-order valence-corrected chi connectivity index (χ1v) is 11.8. The van der Waals surface area contributed by atoms with E-state index in [1.54, 1.807) is 0 Å². The quantitative estimate of drug-likeness (QED) is 0.784. The van der Waals surface area contributed by atoms with Gasteiger partial charge in [-0.15, -0.1) is 0 Å². The molecule has 1 aromatic carbocycles. The fourth-order valence-electron chi connectivity index (χ4n) is 8.04. The minimum absolute atomic E-state index is 0.160. The molecule has 3 atom stereocenters. The Morgan fingerprint density at radius 2 is 1.66 bits per heavy atom. The van der Waals surface area contributed by atoms with Crippen LogP contribution in [0.5, 0.6) is 0 Å². The van der Waals surface area contributed by atoms with Crippen LogP contribution in [0.4, 0.5) is 0 Å². The van der Waals surface area contributed by atoms with Crippen molar-refractivity contribution in [2.45, 2.75) is 71.1 Å². The van der Waals surface area contributed by atoms with E-state index in [9.17, 15) is 4.79 Å². The zero-order valence-corrected chi connectivity index (χ0v) is 18.6. The maximum Gasteiger partial charge on any atom is 0.228 e. The number of amides is 1. The molecule has 1 spiro atoms. The number of fused-ring (bicyclic) bond motifs is 2. The summed E-state index contributed by atoms with van der Waals surface area (Å²) in [4.78, 5) is 16.0. The molecule has 2 bridgehead atoms. The monoisotopic (exact) mass is 394 g/mol. The molecule has 4 aliphatic rings. The molecule has 2 aliphatic heterocycles. The second-order valence-corrected chi connectivity index (χ2v) is 12.1. The lowest BCUT2D eigenvalue weighted by molar-refractivity contribution is -0.163. The second kappa shape index (κ2) is 6.57. The molecule has 4 fully saturated rings. The van der Waals surface area contributed by atoms with E-state index in [1.807, 2.05) is 0 Å². The normalized spacial score (nSPS) is 37.8. The minimum Gasteiger partial charge on any atom is -0.341 e. The van der Waals surface area contributed by atoms with Crippen LogP contribution in [0.25, 0.3) is 0 Å². The molecule has 1 N–H and O–H groups in total. The summed E-state index contributed by atoms with van der Waals surface area (Å²) in [5.41, 5.74) is 2.20. The number of hydrogen-bond acceptors (Lipinski definition) is 2. The molecule has 3 nitrogen and oxygen atoms in total. The highest BCUT2D eigenvalue weighted by molar-refractivity contribution is 5.83. The van der Waals surface area contributed by atoms with Crippen LogP contribution in [0, 0.1) is 22.2 Å². The highest BCUT2D eigenvalue weighted by Gasteiger charge is 2.58. The Morgan fingerprint density at radius 3 is 2.34 bits per heavy atom. The first kappa shape index (κ1) is 19.6. The van der Waals surface area contributed by atoms with Crippen molar-refractivity contribution in [2.24, 2.45) is 22.2 Å². The van der Waals surface area contributed by atoms with E-state index >= 15 is 0 Å². The number of carbonyl (C=O) groups excluding carboxylic acids is 1. The molecule has 158 valence electrons. The molecule has 0 aromatic heterocycles. The molecule has 2 heterocycles. The van der Waals surface area contributed by atoms with E-state index in [0.29, 0.717) is 22.7 Å². The number of nitrogens with one attached hydrogen (secondary N) is 1. The molecule has 5 rings (SSSR count). The zero-order valence-electron chi connectivity index (χ0n) is 18.6. The third kappa shape index (κ3) is 3.34. The third-order valence-corrected chi connectivity index (χ3v) is 8.71. The summed E-state index contributed by atoms with van der Waals surface area (Å²) >= 11 is 0. The molecule has 3 heteroatoms. The lowest BCUT2D eigenvalue weighted by Crippen LogP contribution is -2.65. The van der Waals surface area contributed by atoms with Gasteiger partial charge in [0.25, 0.3) is 0 Å². The van der Waals surface area contributed by atoms with Gasteiger partial charge >= 0.3 is 0 Å². The van der Waals surface area contributed by atoms with E-state index in [-0.39, 0.29) is 10.8 Å². The molecule has 0 radical (unpaired) electrons. The Bertz CT molecular complexity index is 773. The molecule has 3 unspecified atom stereocenters. The second-order valence-electron chi connectivity index (χ2n) is 12.1. The van der Waals surface area contributed by atoms with Gasteiger partial charge in [-0.3, -0.25) is 4.79 Å².